The Labute approximate surface area is 87.7 Å². The van der Waals surface area contributed by atoms with Gasteiger partial charge in [0.15, 0.2) is 0 Å². The van der Waals surface area contributed by atoms with Crippen molar-refractivity contribution in [2.75, 3.05) is 0 Å². The van der Waals surface area contributed by atoms with Crippen LogP contribution in [0.3, 0.4) is 0 Å². The van der Waals surface area contributed by atoms with Crippen molar-refractivity contribution in [3.05, 3.63) is 40.7 Å². The van der Waals surface area contributed by atoms with Crippen molar-refractivity contribution in [2.45, 2.75) is 0 Å². The third kappa shape index (κ3) is 1.11. The fourth-order valence-electron chi connectivity index (χ4n) is 1.53. The first-order chi connectivity index (χ1) is 7.25. The third-order valence-corrected chi connectivity index (χ3v) is 3.27. The van der Waals surface area contributed by atoms with Crippen molar-refractivity contribution in [1.29, 1.82) is 0 Å². The van der Waals surface area contributed by atoms with E-state index in [0.717, 1.165) is 21.7 Å². The van der Waals surface area contributed by atoms with E-state index in [2.05, 4.69) is 4.98 Å². The summed E-state index contributed by atoms with van der Waals surface area (Å²) < 4.78 is 1.90. The standard InChI is InChI=1S/C9H5N3O2S/c13-12(14)8-4-7-9(15-8)11-3-1-2-6(11)5-10-7/h1-5H. The molecule has 0 aliphatic rings. The molecular formula is C9H5N3O2S. The van der Waals surface area contributed by atoms with Crippen LogP contribution in [0.25, 0.3) is 15.9 Å². The Hall–Kier alpha value is -1.95. The minimum absolute atomic E-state index is 0.124. The Morgan fingerprint density at radius 2 is 2.40 bits per heavy atom. The summed E-state index contributed by atoms with van der Waals surface area (Å²) in [5.41, 5.74) is 1.61. The van der Waals surface area contributed by atoms with Crippen molar-refractivity contribution in [3.8, 4) is 0 Å². The number of nitro groups is 1. The van der Waals surface area contributed by atoms with Crippen molar-refractivity contribution in [3.63, 3.8) is 0 Å². The van der Waals surface area contributed by atoms with Gasteiger partial charge in [0.2, 0.25) is 0 Å². The normalized spacial score (nSPS) is 11.2. The average Bonchev–Trinajstić information content (AvgIpc) is 2.82. The molecule has 0 saturated carbocycles. The van der Waals surface area contributed by atoms with Gasteiger partial charge in [-0.3, -0.25) is 15.1 Å². The molecule has 0 aliphatic heterocycles. The van der Waals surface area contributed by atoms with Crippen LogP contribution in [0.15, 0.2) is 30.6 Å². The summed E-state index contributed by atoms with van der Waals surface area (Å²) in [6, 6.07) is 5.30. The predicted molar refractivity (Wildman–Crippen MR) is 57.2 cm³/mol. The topological polar surface area (TPSA) is 60.4 Å². The number of fused-ring (bicyclic) bond motifs is 3. The molecular weight excluding hydrogens is 214 g/mol. The van der Waals surface area contributed by atoms with Crippen molar-refractivity contribution < 1.29 is 4.92 Å². The lowest BCUT2D eigenvalue weighted by molar-refractivity contribution is -0.380. The molecule has 0 aromatic carbocycles. The summed E-state index contributed by atoms with van der Waals surface area (Å²) in [5.74, 6) is 0. The highest BCUT2D eigenvalue weighted by atomic mass is 32.1. The molecule has 6 heteroatoms. The Bertz CT molecular complexity index is 670. The van der Waals surface area contributed by atoms with Gasteiger partial charge < -0.3 is 4.40 Å². The van der Waals surface area contributed by atoms with Crippen LogP contribution in [0.2, 0.25) is 0 Å². The van der Waals surface area contributed by atoms with Crippen LogP contribution in [0.1, 0.15) is 0 Å². The predicted octanol–water partition coefficient (Wildman–Crippen LogP) is 2.46. The molecule has 0 unspecified atom stereocenters. The fourth-order valence-corrected chi connectivity index (χ4v) is 2.46. The number of nitrogens with zero attached hydrogens (tertiary/aromatic N) is 3. The zero-order chi connectivity index (χ0) is 10.4. The van der Waals surface area contributed by atoms with Gasteiger partial charge in [-0.05, 0) is 23.5 Å². The van der Waals surface area contributed by atoms with Crippen LogP contribution >= 0.6 is 11.3 Å². The quantitative estimate of drug-likeness (QED) is 0.466. The maximum absolute atomic E-state index is 10.6. The van der Waals surface area contributed by atoms with Crippen LogP contribution < -0.4 is 0 Å². The van der Waals surface area contributed by atoms with E-state index in [9.17, 15) is 10.1 Å². The first kappa shape index (κ1) is 8.37. The van der Waals surface area contributed by atoms with E-state index < -0.39 is 0 Å². The van der Waals surface area contributed by atoms with E-state index in [1.807, 2.05) is 22.7 Å². The van der Waals surface area contributed by atoms with Gasteiger partial charge in [-0.25, -0.2) is 0 Å². The molecule has 0 radical (unpaired) electrons. The Morgan fingerprint density at radius 3 is 3.20 bits per heavy atom. The molecule has 0 saturated heterocycles. The highest BCUT2D eigenvalue weighted by Crippen LogP contribution is 2.30. The van der Waals surface area contributed by atoms with E-state index in [1.54, 1.807) is 6.20 Å². The summed E-state index contributed by atoms with van der Waals surface area (Å²) in [6.45, 7) is 0. The van der Waals surface area contributed by atoms with E-state index in [-0.39, 0.29) is 9.92 Å². The third-order valence-electron chi connectivity index (χ3n) is 2.20. The van der Waals surface area contributed by atoms with Crippen LogP contribution in [-0.4, -0.2) is 14.3 Å². The molecule has 5 nitrogen and oxygen atoms in total. The second-order valence-electron chi connectivity index (χ2n) is 3.09. The number of thiophene rings is 1. The summed E-state index contributed by atoms with van der Waals surface area (Å²) in [6.07, 6.45) is 3.58. The molecule has 3 aromatic rings. The highest BCUT2D eigenvalue weighted by Gasteiger charge is 2.13. The number of aromatic nitrogens is 2. The van der Waals surface area contributed by atoms with Crippen molar-refractivity contribution in [2.24, 2.45) is 0 Å². The SMILES string of the molecule is O=[N+]([O-])c1cc2ncc3cccn3c2s1. The molecule has 3 aromatic heterocycles. The minimum atomic E-state index is -0.387. The average molecular weight is 219 g/mol. The minimum Gasteiger partial charge on any atom is -0.305 e. The van der Waals surface area contributed by atoms with Gasteiger partial charge in [0.25, 0.3) is 0 Å². The molecule has 15 heavy (non-hydrogen) atoms. The lowest BCUT2D eigenvalue weighted by atomic mass is 10.5. The van der Waals surface area contributed by atoms with Gasteiger partial charge in [0.05, 0.1) is 22.7 Å². The largest absolute Gasteiger partial charge is 0.328 e. The van der Waals surface area contributed by atoms with Gasteiger partial charge >= 0.3 is 5.00 Å². The first-order valence-electron chi connectivity index (χ1n) is 4.26. The van der Waals surface area contributed by atoms with Crippen LogP contribution in [0, 0.1) is 10.1 Å². The lowest BCUT2D eigenvalue weighted by Gasteiger charge is -1.93. The summed E-state index contributed by atoms with van der Waals surface area (Å²) in [7, 11) is 0. The zero-order valence-corrected chi connectivity index (χ0v) is 8.27. The van der Waals surface area contributed by atoms with Crippen molar-refractivity contribution in [1.82, 2.24) is 9.38 Å². The van der Waals surface area contributed by atoms with E-state index >= 15 is 0 Å². The monoisotopic (exact) mass is 219 g/mol. The summed E-state index contributed by atoms with van der Waals surface area (Å²) in [4.78, 5) is 15.2. The van der Waals surface area contributed by atoms with E-state index in [1.165, 1.54) is 6.07 Å². The Morgan fingerprint density at radius 1 is 1.53 bits per heavy atom. The smallest absolute Gasteiger partial charge is 0.305 e. The lowest BCUT2D eigenvalue weighted by Crippen LogP contribution is -1.83. The molecule has 0 atom stereocenters. The Kier molecular flexibility index (Phi) is 1.54. The van der Waals surface area contributed by atoms with Crippen LogP contribution in [0.5, 0.6) is 0 Å². The molecule has 3 heterocycles. The van der Waals surface area contributed by atoms with Gasteiger partial charge in [0.1, 0.15) is 10.3 Å². The molecule has 0 bridgehead atoms. The van der Waals surface area contributed by atoms with Crippen molar-refractivity contribution >= 4 is 32.2 Å². The fraction of sp³-hybridized carbons (Fsp3) is 0. The number of hydrogen-bond donors (Lipinski definition) is 0. The summed E-state index contributed by atoms with van der Waals surface area (Å²) >= 11 is 1.14. The van der Waals surface area contributed by atoms with Gasteiger partial charge in [-0.2, -0.15) is 0 Å². The van der Waals surface area contributed by atoms with Gasteiger partial charge in [0, 0.05) is 6.20 Å². The molecule has 0 amide bonds. The maximum atomic E-state index is 10.6. The number of rotatable bonds is 1. The van der Waals surface area contributed by atoms with E-state index in [4.69, 9.17) is 0 Å². The Balaban J connectivity index is 2.46. The zero-order valence-electron chi connectivity index (χ0n) is 7.45. The molecule has 0 spiro atoms. The van der Waals surface area contributed by atoms with E-state index in [0.29, 0.717) is 5.52 Å². The van der Waals surface area contributed by atoms with Gasteiger partial charge in [-0.1, -0.05) is 0 Å². The second-order valence-corrected chi connectivity index (χ2v) is 4.10. The molecule has 3 rings (SSSR count). The number of hydrogen-bond acceptors (Lipinski definition) is 4. The second kappa shape index (κ2) is 2.77. The maximum Gasteiger partial charge on any atom is 0.328 e. The molecule has 0 aliphatic carbocycles. The summed E-state index contributed by atoms with van der Waals surface area (Å²) in [5, 5.41) is 10.7. The molecule has 74 valence electrons. The van der Waals surface area contributed by atoms with Crippen LogP contribution in [-0.2, 0) is 0 Å². The van der Waals surface area contributed by atoms with Gasteiger partial charge in [-0.15, -0.1) is 0 Å². The van der Waals surface area contributed by atoms with Crippen LogP contribution in [0.4, 0.5) is 5.00 Å². The first-order valence-corrected chi connectivity index (χ1v) is 5.07. The molecule has 0 N–H and O–H groups in total. The highest BCUT2D eigenvalue weighted by molar-refractivity contribution is 7.21. The molecule has 0 fully saturated rings.